The average molecular weight is 315 g/mol. The van der Waals surface area contributed by atoms with Crippen molar-refractivity contribution in [2.45, 2.75) is 26.7 Å². The second-order valence-electron chi connectivity index (χ2n) is 5.45. The van der Waals surface area contributed by atoms with Gasteiger partial charge < -0.3 is 15.0 Å². The molecule has 1 fully saturated rings. The number of methoxy groups -OCH3 is 1. The number of rotatable bonds is 7. The SMILES string of the molecule is CCNC(=NCCCCSC)N1CC(C)C(C(=O)OC)C1. The van der Waals surface area contributed by atoms with Gasteiger partial charge in [-0.05, 0) is 37.7 Å². The lowest BCUT2D eigenvalue weighted by Crippen LogP contribution is -2.40. The number of unbranched alkanes of at least 4 members (excludes halogenated alkanes) is 1. The Kier molecular flexibility index (Phi) is 8.57. The number of guanidine groups is 1. The summed E-state index contributed by atoms with van der Waals surface area (Å²) in [5.41, 5.74) is 0. The summed E-state index contributed by atoms with van der Waals surface area (Å²) in [6.07, 6.45) is 4.44. The third-order valence-corrected chi connectivity index (χ3v) is 4.47. The van der Waals surface area contributed by atoms with Crippen LogP contribution in [-0.4, -0.2) is 62.1 Å². The van der Waals surface area contributed by atoms with Crippen LogP contribution in [0.25, 0.3) is 0 Å². The Labute approximate surface area is 132 Å². The van der Waals surface area contributed by atoms with Gasteiger partial charge in [-0.1, -0.05) is 6.92 Å². The van der Waals surface area contributed by atoms with Crippen LogP contribution in [0.2, 0.25) is 0 Å². The molecule has 2 unspecified atom stereocenters. The number of carbonyl (C=O) groups is 1. The maximum atomic E-state index is 11.8. The minimum absolute atomic E-state index is 0.0460. The summed E-state index contributed by atoms with van der Waals surface area (Å²) in [6.45, 7) is 7.42. The van der Waals surface area contributed by atoms with Crippen LogP contribution in [-0.2, 0) is 9.53 Å². The van der Waals surface area contributed by atoms with E-state index in [1.54, 1.807) is 0 Å². The summed E-state index contributed by atoms with van der Waals surface area (Å²) in [6, 6.07) is 0. The van der Waals surface area contributed by atoms with Crippen molar-refractivity contribution in [3.8, 4) is 0 Å². The highest BCUT2D eigenvalue weighted by molar-refractivity contribution is 7.98. The van der Waals surface area contributed by atoms with E-state index in [-0.39, 0.29) is 11.9 Å². The molecule has 0 saturated carbocycles. The van der Waals surface area contributed by atoms with Crippen LogP contribution >= 0.6 is 11.8 Å². The molecule has 0 spiro atoms. The van der Waals surface area contributed by atoms with E-state index < -0.39 is 0 Å². The predicted molar refractivity (Wildman–Crippen MR) is 89.8 cm³/mol. The lowest BCUT2D eigenvalue weighted by Gasteiger charge is -2.21. The van der Waals surface area contributed by atoms with Crippen LogP contribution in [0.15, 0.2) is 4.99 Å². The van der Waals surface area contributed by atoms with Crippen LogP contribution in [0.3, 0.4) is 0 Å². The zero-order valence-electron chi connectivity index (χ0n) is 13.7. The maximum absolute atomic E-state index is 11.8. The molecule has 1 aliphatic heterocycles. The Balaban J connectivity index is 2.56. The number of esters is 1. The molecule has 1 aliphatic rings. The van der Waals surface area contributed by atoms with Crippen molar-refractivity contribution >= 4 is 23.7 Å². The molecule has 2 atom stereocenters. The number of hydrogen-bond donors (Lipinski definition) is 1. The van der Waals surface area contributed by atoms with Gasteiger partial charge in [0.2, 0.25) is 0 Å². The van der Waals surface area contributed by atoms with Gasteiger partial charge in [0.15, 0.2) is 5.96 Å². The molecule has 1 heterocycles. The van der Waals surface area contributed by atoms with E-state index in [4.69, 9.17) is 9.73 Å². The molecule has 21 heavy (non-hydrogen) atoms. The van der Waals surface area contributed by atoms with Crippen LogP contribution in [0, 0.1) is 11.8 Å². The van der Waals surface area contributed by atoms with Crippen LogP contribution < -0.4 is 5.32 Å². The van der Waals surface area contributed by atoms with Gasteiger partial charge in [-0.2, -0.15) is 11.8 Å². The molecule has 0 aliphatic carbocycles. The number of carbonyl (C=O) groups excluding carboxylic acids is 1. The molecular weight excluding hydrogens is 286 g/mol. The standard InChI is InChI=1S/C15H29N3O2S/c1-5-16-15(17-8-6-7-9-21-4)18-10-12(2)13(11-18)14(19)20-3/h12-13H,5-11H2,1-4H3,(H,16,17). The zero-order valence-corrected chi connectivity index (χ0v) is 14.5. The maximum Gasteiger partial charge on any atom is 0.310 e. The Morgan fingerprint density at radius 3 is 2.81 bits per heavy atom. The fourth-order valence-corrected chi connectivity index (χ4v) is 3.06. The normalized spacial score (nSPS) is 22.5. The molecule has 6 heteroatoms. The van der Waals surface area contributed by atoms with Gasteiger partial charge in [0.1, 0.15) is 0 Å². The minimum atomic E-state index is -0.110. The number of likely N-dealkylation sites (tertiary alicyclic amines) is 1. The fourth-order valence-electron chi connectivity index (χ4n) is 2.57. The van der Waals surface area contributed by atoms with E-state index in [9.17, 15) is 4.79 Å². The third kappa shape index (κ3) is 5.77. The van der Waals surface area contributed by atoms with E-state index >= 15 is 0 Å². The summed E-state index contributed by atoms with van der Waals surface area (Å²) in [5.74, 6) is 2.27. The topological polar surface area (TPSA) is 53.9 Å². The first-order valence-corrected chi connectivity index (χ1v) is 9.13. The fraction of sp³-hybridized carbons (Fsp3) is 0.867. The van der Waals surface area contributed by atoms with Gasteiger partial charge in [0, 0.05) is 26.2 Å². The predicted octanol–water partition coefficient (Wildman–Crippen LogP) is 1.84. The number of hydrogen-bond acceptors (Lipinski definition) is 4. The first-order chi connectivity index (χ1) is 10.1. The number of nitrogens with one attached hydrogen (secondary N) is 1. The lowest BCUT2D eigenvalue weighted by molar-refractivity contribution is -0.145. The van der Waals surface area contributed by atoms with E-state index in [1.165, 1.54) is 19.3 Å². The van der Waals surface area contributed by atoms with Gasteiger partial charge in [0.25, 0.3) is 0 Å². The quantitative estimate of drug-likeness (QED) is 0.336. The second-order valence-corrected chi connectivity index (χ2v) is 6.43. The molecule has 0 aromatic rings. The van der Waals surface area contributed by atoms with Crippen LogP contribution in [0.4, 0.5) is 0 Å². The summed E-state index contributed by atoms with van der Waals surface area (Å²) in [5, 5.41) is 3.33. The molecule has 0 bridgehead atoms. The first-order valence-electron chi connectivity index (χ1n) is 7.74. The molecular formula is C15H29N3O2S. The van der Waals surface area contributed by atoms with Crippen molar-refractivity contribution in [2.75, 3.05) is 45.3 Å². The second kappa shape index (κ2) is 9.92. The first kappa shape index (κ1) is 18.1. The summed E-state index contributed by atoms with van der Waals surface area (Å²) < 4.78 is 4.89. The molecule has 0 aromatic heterocycles. The van der Waals surface area contributed by atoms with Crippen molar-refractivity contribution in [1.29, 1.82) is 0 Å². The number of ether oxygens (including phenoxy) is 1. The van der Waals surface area contributed by atoms with Crippen molar-refractivity contribution in [1.82, 2.24) is 10.2 Å². The number of thioether (sulfide) groups is 1. The van der Waals surface area contributed by atoms with Gasteiger partial charge in [-0.15, -0.1) is 0 Å². The summed E-state index contributed by atoms with van der Waals surface area (Å²) >= 11 is 1.88. The molecule has 0 aromatic carbocycles. The molecule has 1 rings (SSSR count). The van der Waals surface area contributed by atoms with Crippen LogP contribution in [0.5, 0.6) is 0 Å². The third-order valence-electron chi connectivity index (χ3n) is 3.77. The van der Waals surface area contributed by atoms with E-state index in [2.05, 4.69) is 30.3 Å². The van der Waals surface area contributed by atoms with Crippen molar-refractivity contribution < 1.29 is 9.53 Å². The Hall–Kier alpha value is -0.910. The van der Waals surface area contributed by atoms with Crippen molar-refractivity contribution in [3.05, 3.63) is 0 Å². The molecule has 0 radical (unpaired) electrons. The molecule has 5 nitrogen and oxygen atoms in total. The lowest BCUT2D eigenvalue weighted by atomic mass is 9.99. The smallest absolute Gasteiger partial charge is 0.310 e. The van der Waals surface area contributed by atoms with Crippen molar-refractivity contribution in [3.63, 3.8) is 0 Å². The monoisotopic (exact) mass is 315 g/mol. The van der Waals surface area contributed by atoms with Crippen LogP contribution in [0.1, 0.15) is 26.7 Å². The zero-order chi connectivity index (χ0) is 15.7. The molecule has 122 valence electrons. The van der Waals surface area contributed by atoms with Crippen molar-refractivity contribution in [2.24, 2.45) is 16.8 Å². The Bertz CT molecular complexity index is 350. The molecule has 0 amide bonds. The highest BCUT2D eigenvalue weighted by atomic mass is 32.2. The minimum Gasteiger partial charge on any atom is -0.469 e. The summed E-state index contributed by atoms with van der Waals surface area (Å²) in [4.78, 5) is 18.6. The largest absolute Gasteiger partial charge is 0.469 e. The number of aliphatic imine (C=N–C) groups is 1. The highest BCUT2D eigenvalue weighted by Gasteiger charge is 2.36. The van der Waals surface area contributed by atoms with E-state index in [1.807, 2.05) is 11.8 Å². The van der Waals surface area contributed by atoms with Gasteiger partial charge in [0.05, 0.1) is 13.0 Å². The molecule has 1 N–H and O–H groups in total. The van der Waals surface area contributed by atoms with Gasteiger partial charge in [-0.25, -0.2) is 0 Å². The number of nitrogens with zero attached hydrogens (tertiary/aromatic N) is 2. The van der Waals surface area contributed by atoms with E-state index in [0.717, 1.165) is 32.0 Å². The van der Waals surface area contributed by atoms with Gasteiger partial charge in [-0.3, -0.25) is 9.79 Å². The highest BCUT2D eigenvalue weighted by Crippen LogP contribution is 2.24. The molecule has 1 saturated heterocycles. The Morgan fingerprint density at radius 1 is 1.43 bits per heavy atom. The van der Waals surface area contributed by atoms with E-state index in [0.29, 0.717) is 12.5 Å². The average Bonchev–Trinajstić information content (AvgIpc) is 2.87. The van der Waals surface area contributed by atoms with Gasteiger partial charge >= 0.3 is 5.97 Å². The Morgan fingerprint density at radius 2 is 2.19 bits per heavy atom. The summed E-state index contributed by atoms with van der Waals surface area (Å²) in [7, 11) is 1.46.